The molecule has 0 aliphatic heterocycles. The van der Waals surface area contributed by atoms with Gasteiger partial charge in [-0.25, -0.2) is 4.98 Å². The summed E-state index contributed by atoms with van der Waals surface area (Å²) >= 11 is 3.56. The molecule has 0 bridgehead atoms. The molecular weight excluding hydrogens is 292 g/mol. The van der Waals surface area contributed by atoms with Crippen molar-refractivity contribution in [1.29, 1.82) is 0 Å². The molecule has 0 amide bonds. The van der Waals surface area contributed by atoms with E-state index in [4.69, 9.17) is 4.42 Å². The first-order chi connectivity index (χ1) is 8.58. The molecule has 1 aromatic heterocycles. The molecule has 0 aliphatic carbocycles. The van der Waals surface area contributed by atoms with Gasteiger partial charge in [0.2, 0.25) is 5.89 Å². The molecule has 0 fully saturated rings. The van der Waals surface area contributed by atoms with Crippen molar-refractivity contribution >= 4 is 15.9 Å². The standard InChI is InChI=1S/C14H17BrN2O/c1-9-11(3)18-14(17-9)8-16-10(2)12-6-4-5-7-13(12)15/h4-7,10,16H,8H2,1-3H3. The van der Waals surface area contributed by atoms with Crippen molar-refractivity contribution in [2.24, 2.45) is 0 Å². The molecule has 0 saturated heterocycles. The second kappa shape index (κ2) is 5.67. The Bertz CT molecular complexity index is 517. The highest BCUT2D eigenvalue weighted by Crippen LogP contribution is 2.23. The number of hydrogen-bond donors (Lipinski definition) is 1. The highest BCUT2D eigenvalue weighted by molar-refractivity contribution is 9.10. The molecule has 1 aromatic carbocycles. The smallest absolute Gasteiger partial charge is 0.208 e. The van der Waals surface area contributed by atoms with E-state index in [0.29, 0.717) is 6.54 Å². The zero-order valence-electron chi connectivity index (χ0n) is 10.8. The topological polar surface area (TPSA) is 38.1 Å². The van der Waals surface area contributed by atoms with Gasteiger partial charge in [0.15, 0.2) is 0 Å². The summed E-state index contributed by atoms with van der Waals surface area (Å²) in [6.07, 6.45) is 0. The number of nitrogens with one attached hydrogen (secondary N) is 1. The predicted octanol–water partition coefficient (Wildman–Crippen LogP) is 3.90. The Balaban J connectivity index is 2.00. The number of benzene rings is 1. The number of hydrogen-bond acceptors (Lipinski definition) is 3. The molecule has 1 heterocycles. The summed E-state index contributed by atoms with van der Waals surface area (Å²) in [6.45, 7) is 6.66. The number of aryl methyl sites for hydroxylation is 2. The zero-order chi connectivity index (χ0) is 13.1. The quantitative estimate of drug-likeness (QED) is 0.930. The van der Waals surface area contributed by atoms with Crippen molar-refractivity contribution in [2.75, 3.05) is 0 Å². The average Bonchev–Trinajstić information content (AvgIpc) is 2.66. The minimum Gasteiger partial charge on any atom is -0.444 e. The molecule has 2 aromatic rings. The highest BCUT2D eigenvalue weighted by atomic mass is 79.9. The summed E-state index contributed by atoms with van der Waals surface area (Å²) in [5.41, 5.74) is 2.19. The molecule has 96 valence electrons. The molecule has 2 rings (SSSR count). The summed E-state index contributed by atoms with van der Waals surface area (Å²) in [6, 6.07) is 8.45. The number of oxazole rings is 1. The molecule has 0 aliphatic rings. The Hall–Kier alpha value is -1.13. The monoisotopic (exact) mass is 308 g/mol. The molecule has 4 heteroatoms. The van der Waals surface area contributed by atoms with E-state index in [-0.39, 0.29) is 6.04 Å². The van der Waals surface area contributed by atoms with Crippen LogP contribution in [0.4, 0.5) is 0 Å². The van der Waals surface area contributed by atoms with Crippen LogP contribution in [0, 0.1) is 13.8 Å². The Morgan fingerprint density at radius 3 is 2.67 bits per heavy atom. The van der Waals surface area contributed by atoms with Crippen molar-refractivity contribution in [3.05, 3.63) is 51.6 Å². The third-order valence-electron chi connectivity index (χ3n) is 3.00. The number of aromatic nitrogens is 1. The fraction of sp³-hybridized carbons (Fsp3) is 0.357. The van der Waals surface area contributed by atoms with Crippen LogP contribution >= 0.6 is 15.9 Å². The summed E-state index contributed by atoms with van der Waals surface area (Å²) in [7, 11) is 0. The van der Waals surface area contributed by atoms with Gasteiger partial charge in [0, 0.05) is 10.5 Å². The van der Waals surface area contributed by atoms with Crippen LogP contribution in [0.5, 0.6) is 0 Å². The van der Waals surface area contributed by atoms with Crippen molar-refractivity contribution in [3.63, 3.8) is 0 Å². The Labute approximate surface area is 116 Å². The van der Waals surface area contributed by atoms with Crippen molar-refractivity contribution in [1.82, 2.24) is 10.3 Å². The normalized spacial score (nSPS) is 12.7. The van der Waals surface area contributed by atoms with Crippen LogP contribution in [0.2, 0.25) is 0 Å². The summed E-state index contributed by atoms with van der Waals surface area (Å²) in [5, 5.41) is 3.41. The highest BCUT2D eigenvalue weighted by Gasteiger charge is 2.10. The van der Waals surface area contributed by atoms with Gasteiger partial charge in [-0.15, -0.1) is 0 Å². The van der Waals surface area contributed by atoms with E-state index in [2.05, 4.69) is 39.2 Å². The molecule has 0 saturated carbocycles. The Morgan fingerprint density at radius 1 is 1.33 bits per heavy atom. The number of halogens is 1. The van der Waals surface area contributed by atoms with Gasteiger partial charge in [0.25, 0.3) is 0 Å². The first-order valence-corrected chi connectivity index (χ1v) is 6.78. The van der Waals surface area contributed by atoms with Crippen LogP contribution < -0.4 is 5.32 Å². The molecular formula is C14H17BrN2O. The third-order valence-corrected chi connectivity index (χ3v) is 3.73. The van der Waals surface area contributed by atoms with E-state index in [0.717, 1.165) is 21.8 Å². The molecule has 3 nitrogen and oxygen atoms in total. The van der Waals surface area contributed by atoms with E-state index in [1.807, 2.05) is 32.0 Å². The molecule has 18 heavy (non-hydrogen) atoms. The largest absolute Gasteiger partial charge is 0.444 e. The predicted molar refractivity (Wildman–Crippen MR) is 75.4 cm³/mol. The molecule has 1 N–H and O–H groups in total. The van der Waals surface area contributed by atoms with E-state index in [1.165, 1.54) is 5.56 Å². The molecule has 0 radical (unpaired) electrons. The molecule has 1 atom stereocenters. The average molecular weight is 309 g/mol. The maximum Gasteiger partial charge on any atom is 0.208 e. The second-order valence-corrected chi connectivity index (χ2v) is 5.23. The fourth-order valence-corrected chi connectivity index (χ4v) is 2.42. The first-order valence-electron chi connectivity index (χ1n) is 5.98. The van der Waals surface area contributed by atoms with Crippen molar-refractivity contribution < 1.29 is 4.42 Å². The first kappa shape index (κ1) is 13.3. The number of rotatable bonds is 4. The molecule has 0 spiro atoms. The second-order valence-electron chi connectivity index (χ2n) is 4.37. The Morgan fingerprint density at radius 2 is 2.06 bits per heavy atom. The maximum atomic E-state index is 5.55. The summed E-state index contributed by atoms with van der Waals surface area (Å²) in [5.74, 6) is 1.63. The van der Waals surface area contributed by atoms with Gasteiger partial charge in [-0.2, -0.15) is 0 Å². The SMILES string of the molecule is Cc1nc(CNC(C)c2ccccc2Br)oc1C. The molecule has 1 unspecified atom stereocenters. The van der Waals surface area contributed by atoms with Crippen LogP contribution in [-0.2, 0) is 6.54 Å². The van der Waals surface area contributed by atoms with Gasteiger partial charge in [-0.3, -0.25) is 0 Å². The minimum absolute atomic E-state index is 0.244. The van der Waals surface area contributed by atoms with Gasteiger partial charge in [-0.05, 0) is 32.4 Å². The van der Waals surface area contributed by atoms with E-state index in [1.54, 1.807) is 0 Å². The van der Waals surface area contributed by atoms with Crippen LogP contribution in [0.15, 0.2) is 33.2 Å². The van der Waals surface area contributed by atoms with Crippen LogP contribution in [-0.4, -0.2) is 4.98 Å². The number of nitrogens with zero attached hydrogens (tertiary/aromatic N) is 1. The van der Waals surface area contributed by atoms with Crippen molar-refractivity contribution in [3.8, 4) is 0 Å². The van der Waals surface area contributed by atoms with E-state index in [9.17, 15) is 0 Å². The summed E-state index contributed by atoms with van der Waals surface area (Å²) in [4.78, 5) is 4.36. The van der Waals surface area contributed by atoms with Gasteiger partial charge in [0.05, 0.1) is 12.2 Å². The van der Waals surface area contributed by atoms with Gasteiger partial charge < -0.3 is 9.73 Å². The lowest BCUT2D eigenvalue weighted by atomic mass is 10.1. The lowest BCUT2D eigenvalue weighted by Crippen LogP contribution is -2.18. The van der Waals surface area contributed by atoms with Gasteiger partial charge >= 0.3 is 0 Å². The summed E-state index contributed by atoms with van der Waals surface area (Å²) < 4.78 is 6.66. The van der Waals surface area contributed by atoms with Gasteiger partial charge in [-0.1, -0.05) is 34.1 Å². The Kier molecular flexibility index (Phi) is 4.19. The minimum atomic E-state index is 0.244. The van der Waals surface area contributed by atoms with Crippen molar-refractivity contribution in [2.45, 2.75) is 33.4 Å². The fourth-order valence-electron chi connectivity index (χ4n) is 1.79. The van der Waals surface area contributed by atoms with Crippen LogP contribution in [0.1, 0.15) is 35.9 Å². The zero-order valence-corrected chi connectivity index (χ0v) is 12.4. The lowest BCUT2D eigenvalue weighted by Gasteiger charge is -2.14. The van der Waals surface area contributed by atoms with E-state index < -0.39 is 0 Å². The van der Waals surface area contributed by atoms with E-state index >= 15 is 0 Å². The maximum absolute atomic E-state index is 5.55. The third kappa shape index (κ3) is 3.00. The van der Waals surface area contributed by atoms with Crippen LogP contribution in [0.25, 0.3) is 0 Å². The lowest BCUT2D eigenvalue weighted by molar-refractivity contribution is 0.431. The van der Waals surface area contributed by atoms with Gasteiger partial charge in [0.1, 0.15) is 5.76 Å². The van der Waals surface area contributed by atoms with Crippen LogP contribution in [0.3, 0.4) is 0 Å².